The van der Waals surface area contributed by atoms with Crippen molar-refractivity contribution in [3.63, 3.8) is 0 Å². The number of nitrogens with zero attached hydrogens (tertiary/aromatic N) is 6. The molecular weight excluding hydrogens is 370 g/mol. The fourth-order valence-corrected chi connectivity index (χ4v) is 3.30. The SMILES string of the molecule is COc1c(-c2ncn(C)n2)cccc1-n1ccc2cnc(NC(=O)C3CC3)nc21. The highest BCUT2D eigenvalue weighted by atomic mass is 16.5. The van der Waals surface area contributed by atoms with Crippen molar-refractivity contribution in [1.82, 2.24) is 29.3 Å². The van der Waals surface area contributed by atoms with Crippen molar-refractivity contribution in [2.24, 2.45) is 13.0 Å². The molecule has 146 valence electrons. The number of fused-ring (bicyclic) bond motifs is 1. The summed E-state index contributed by atoms with van der Waals surface area (Å²) in [5, 5.41) is 8.05. The number of anilines is 1. The number of para-hydroxylation sites is 1. The quantitative estimate of drug-likeness (QED) is 0.563. The topological polar surface area (TPSA) is 99.7 Å². The molecule has 0 bridgehead atoms. The van der Waals surface area contributed by atoms with Crippen molar-refractivity contribution in [2.75, 3.05) is 12.4 Å². The summed E-state index contributed by atoms with van der Waals surface area (Å²) in [6, 6.07) is 7.70. The molecule has 4 aromatic rings. The van der Waals surface area contributed by atoms with Gasteiger partial charge in [-0.25, -0.2) is 9.97 Å². The third-order valence-corrected chi connectivity index (χ3v) is 4.91. The van der Waals surface area contributed by atoms with E-state index in [1.165, 1.54) is 0 Å². The molecular formula is C20H19N7O2. The zero-order valence-electron chi connectivity index (χ0n) is 16.0. The highest BCUT2D eigenvalue weighted by Crippen LogP contribution is 2.35. The minimum atomic E-state index is -0.0248. The van der Waals surface area contributed by atoms with E-state index in [4.69, 9.17) is 4.74 Å². The van der Waals surface area contributed by atoms with Crippen molar-refractivity contribution >= 4 is 22.9 Å². The highest BCUT2D eigenvalue weighted by molar-refractivity contribution is 5.93. The molecule has 1 saturated carbocycles. The van der Waals surface area contributed by atoms with Crippen LogP contribution >= 0.6 is 0 Å². The number of methoxy groups -OCH3 is 1. The third-order valence-electron chi connectivity index (χ3n) is 4.91. The van der Waals surface area contributed by atoms with Gasteiger partial charge in [0.25, 0.3) is 0 Å². The van der Waals surface area contributed by atoms with Gasteiger partial charge in [0.1, 0.15) is 12.0 Å². The number of benzene rings is 1. The van der Waals surface area contributed by atoms with E-state index in [9.17, 15) is 4.79 Å². The Balaban J connectivity index is 1.60. The number of carbonyl (C=O) groups excluding carboxylic acids is 1. The average molecular weight is 389 g/mol. The van der Waals surface area contributed by atoms with E-state index in [1.807, 2.05) is 42.1 Å². The molecule has 0 saturated heterocycles. The van der Waals surface area contributed by atoms with Gasteiger partial charge in [-0.3, -0.25) is 19.4 Å². The lowest BCUT2D eigenvalue weighted by molar-refractivity contribution is -0.117. The van der Waals surface area contributed by atoms with Gasteiger partial charge in [0.05, 0.1) is 18.4 Å². The van der Waals surface area contributed by atoms with Crippen LogP contribution in [0.5, 0.6) is 5.75 Å². The second kappa shape index (κ2) is 6.69. The Morgan fingerprint density at radius 2 is 2.10 bits per heavy atom. The van der Waals surface area contributed by atoms with Crippen LogP contribution in [0.2, 0.25) is 0 Å². The van der Waals surface area contributed by atoms with Crippen LogP contribution in [0, 0.1) is 5.92 Å². The largest absolute Gasteiger partial charge is 0.494 e. The summed E-state index contributed by atoms with van der Waals surface area (Å²) in [5.74, 6) is 1.58. The number of hydrogen-bond donors (Lipinski definition) is 1. The third kappa shape index (κ3) is 3.10. The number of hydrogen-bond acceptors (Lipinski definition) is 6. The minimum Gasteiger partial charge on any atom is -0.494 e. The maximum atomic E-state index is 12.1. The Morgan fingerprint density at radius 1 is 1.24 bits per heavy atom. The molecule has 5 rings (SSSR count). The number of amides is 1. The normalized spacial score (nSPS) is 13.6. The van der Waals surface area contributed by atoms with E-state index >= 15 is 0 Å². The summed E-state index contributed by atoms with van der Waals surface area (Å²) in [4.78, 5) is 25.2. The van der Waals surface area contributed by atoms with Gasteiger partial charge in [-0.2, -0.15) is 10.1 Å². The van der Waals surface area contributed by atoms with Gasteiger partial charge in [-0.15, -0.1) is 0 Å². The van der Waals surface area contributed by atoms with Crippen molar-refractivity contribution < 1.29 is 9.53 Å². The number of aryl methyl sites for hydroxylation is 1. The maximum absolute atomic E-state index is 12.1. The molecule has 1 aromatic carbocycles. The molecule has 9 nitrogen and oxygen atoms in total. The van der Waals surface area contributed by atoms with E-state index in [1.54, 1.807) is 24.3 Å². The molecule has 1 N–H and O–H groups in total. The molecule has 0 aliphatic heterocycles. The predicted octanol–water partition coefficient (Wildman–Crippen LogP) is 2.57. The summed E-state index contributed by atoms with van der Waals surface area (Å²) >= 11 is 0. The first-order valence-electron chi connectivity index (χ1n) is 9.32. The monoisotopic (exact) mass is 389 g/mol. The number of rotatable bonds is 5. The van der Waals surface area contributed by atoms with Crippen LogP contribution in [0.4, 0.5) is 5.95 Å². The van der Waals surface area contributed by atoms with Crippen LogP contribution < -0.4 is 10.1 Å². The lowest BCUT2D eigenvalue weighted by atomic mass is 10.1. The fourth-order valence-electron chi connectivity index (χ4n) is 3.30. The standard InChI is InChI=1S/C20H19N7O2/c1-26-11-22-17(25-26)14-4-3-5-15(16(14)29-2)27-9-8-13-10-21-20(23-18(13)27)24-19(28)12-6-7-12/h3-5,8-12H,6-7H2,1-2H3,(H,21,23,24,28). The smallest absolute Gasteiger partial charge is 0.231 e. The van der Waals surface area contributed by atoms with Crippen molar-refractivity contribution in [3.05, 3.63) is 43.0 Å². The van der Waals surface area contributed by atoms with E-state index in [0.29, 0.717) is 23.2 Å². The van der Waals surface area contributed by atoms with Crippen LogP contribution in [0.3, 0.4) is 0 Å². The van der Waals surface area contributed by atoms with Crippen LogP contribution in [-0.4, -0.2) is 42.3 Å². The lowest BCUT2D eigenvalue weighted by Crippen LogP contribution is -2.15. The van der Waals surface area contributed by atoms with Gasteiger partial charge in [0.15, 0.2) is 11.6 Å². The van der Waals surface area contributed by atoms with Gasteiger partial charge in [0.2, 0.25) is 11.9 Å². The summed E-state index contributed by atoms with van der Waals surface area (Å²) < 4.78 is 9.28. The number of aromatic nitrogens is 6. The zero-order valence-corrected chi connectivity index (χ0v) is 16.0. The van der Waals surface area contributed by atoms with Gasteiger partial charge in [-0.05, 0) is 31.0 Å². The number of nitrogens with one attached hydrogen (secondary N) is 1. The molecule has 0 spiro atoms. The van der Waals surface area contributed by atoms with Gasteiger partial charge in [0, 0.05) is 30.7 Å². The molecule has 0 atom stereocenters. The first-order chi connectivity index (χ1) is 14.1. The Morgan fingerprint density at radius 3 is 2.83 bits per heavy atom. The van der Waals surface area contributed by atoms with E-state index in [2.05, 4.69) is 25.4 Å². The van der Waals surface area contributed by atoms with E-state index in [0.717, 1.165) is 29.5 Å². The summed E-state index contributed by atoms with van der Waals surface area (Å²) in [6.07, 6.45) is 7.11. The molecule has 29 heavy (non-hydrogen) atoms. The van der Waals surface area contributed by atoms with E-state index in [-0.39, 0.29) is 11.8 Å². The zero-order chi connectivity index (χ0) is 20.0. The maximum Gasteiger partial charge on any atom is 0.231 e. The van der Waals surface area contributed by atoms with Crippen LogP contribution in [0.1, 0.15) is 12.8 Å². The predicted molar refractivity (Wildman–Crippen MR) is 107 cm³/mol. The number of carbonyl (C=O) groups is 1. The Kier molecular flexibility index (Phi) is 4.01. The van der Waals surface area contributed by atoms with Gasteiger partial charge >= 0.3 is 0 Å². The molecule has 1 aliphatic rings. The Hall–Kier alpha value is -3.75. The molecule has 1 amide bonds. The fraction of sp³-hybridized carbons (Fsp3) is 0.250. The van der Waals surface area contributed by atoms with Gasteiger partial charge < -0.3 is 4.74 Å². The van der Waals surface area contributed by atoms with Crippen LogP contribution in [-0.2, 0) is 11.8 Å². The average Bonchev–Trinajstić information content (AvgIpc) is 3.37. The number of ether oxygens (including phenoxy) is 1. The van der Waals surface area contributed by atoms with Crippen molar-refractivity contribution in [3.8, 4) is 22.8 Å². The summed E-state index contributed by atoms with van der Waals surface area (Å²) in [5.41, 5.74) is 2.25. The van der Waals surface area contributed by atoms with Crippen LogP contribution in [0.15, 0.2) is 43.0 Å². The second-order valence-electron chi connectivity index (χ2n) is 7.02. The molecule has 3 aromatic heterocycles. The van der Waals surface area contributed by atoms with Crippen molar-refractivity contribution in [1.29, 1.82) is 0 Å². The molecule has 1 aliphatic carbocycles. The second-order valence-corrected chi connectivity index (χ2v) is 7.02. The molecule has 9 heteroatoms. The lowest BCUT2D eigenvalue weighted by Gasteiger charge is -2.13. The van der Waals surface area contributed by atoms with Crippen molar-refractivity contribution in [2.45, 2.75) is 12.8 Å². The first-order valence-corrected chi connectivity index (χ1v) is 9.32. The molecule has 0 radical (unpaired) electrons. The minimum absolute atomic E-state index is 0.0248. The van der Waals surface area contributed by atoms with Gasteiger partial charge in [-0.1, -0.05) is 6.07 Å². The molecule has 1 fully saturated rings. The highest BCUT2D eigenvalue weighted by Gasteiger charge is 2.30. The summed E-state index contributed by atoms with van der Waals surface area (Å²) in [6.45, 7) is 0. The molecule has 0 unspecified atom stereocenters. The Labute approximate surface area is 166 Å². The van der Waals surface area contributed by atoms with Crippen LogP contribution in [0.25, 0.3) is 28.1 Å². The first kappa shape index (κ1) is 17.4. The summed E-state index contributed by atoms with van der Waals surface area (Å²) in [7, 11) is 3.44. The van der Waals surface area contributed by atoms with E-state index < -0.39 is 0 Å². The molecule has 3 heterocycles. The Bertz CT molecular complexity index is 1220.